The first-order chi connectivity index (χ1) is 12.3. The largest absolute Gasteiger partial charge is 0.423 e. The Bertz CT molecular complexity index is 978. The first-order valence-corrected chi connectivity index (χ1v) is 9.18. The second-order valence-electron chi connectivity index (χ2n) is 5.17. The van der Waals surface area contributed by atoms with Crippen LogP contribution in [0.15, 0.2) is 58.0 Å². The van der Waals surface area contributed by atoms with Gasteiger partial charge in [-0.05, 0) is 29.6 Å². The number of carbonyl (C=O) groups is 1. The van der Waals surface area contributed by atoms with Crippen molar-refractivity contribution in [1.29, 1.82) is 0 Å². The number of carbonyl (C=O) groups excluding carboxylic acids is 1. The number of aromatic nitrogens is 3. The molecular formula is C17H12N4O2S2. The van der Waals surface area contributed by atoms with Crippen molar-refractivity contribution in [3.8, 4) is 21.3 Å². The normalized spacial score (nSPS) is 10.7. The molecule has 0 saturated carbocycles. The minimum Gasteiger partial charge on any atom is -0.423 e. The molecule has 4 rings (SSSR count). The summed E-state index contributed by atoms with van der Waals surface area (Å²) in [5, 5.41) is 15.3. The van der Waals surface area contributed by atoms with Crippen LogP contribution >= 0.6 is 22.7 Å². The monoisotopic (exact) mass is 368 g/mol. The van der Waals surface area contributed by atoms with E-state index in [9.17, 15) is 4.79 Å². The van der Waals surface area contributed by atoms with E-state index in [1.54, 1.807) is 28.7 Å². The summed E-state index contributed by atoms with van der Waals surface area (Å²) in [6.07, 6.45) is 1.50. The van der Waals surface area contributed by atoms with Gasteiger partial charge in [-0.3, -0.25) is 4.79 Å². The van der Waals surface area contributed by atoms with E-state index in [-0.39, 0.29) is 12.3 Å². The summed E-state index contributed by atoms with van der Waals surface area (Å²) in [7, 11) is 0. The highest BCUT2D eigenvalue weighted by atomic mass is 32.1. The summed E-state index contributed by atoms with van der Waals surface area (Å²) < 4.78 is 5.17. The molecule has 0 bridgehead atoms. The van der Waals surface area contributed by atoms with Crippen LogP contribution in [-0.2, 0) is 11.2 Å². The van der Waals surface area contributed by atoms with Gasteiger partial charge in [0.05, 0.1) is 17.0 Å². The average Bonchev–Trinajstić information content (AvgIpc) is 3.37. The van der Waals surface area contributed by atoms with Crippen molar-refractivity contribution in [3.05, 3.63) is 59.2 Å². The van der Waals surface area contributed by atoms with E-state index in [1.807, 2.05) is 41.1 Å². The van der Waals surface area contributed by atoms with Crippen molar-refractivity contribution in [2.45, 2.75) is 6.42 Å². The van der Waals surface area contributed by atoms with E-state index in [4.69, 9.17) is 4.42 Å². The Morgan fingerprint density at radius 3 is 2.96 bits per heavy atom. The number of rotatable bonds is 5. The molecule has 124 valence electrons. The molecule has 6 nitrogen and oxygen atoms in total. The summed E-state index contributed by atoms with van der Waals surface area (Å²) in [5.74, 6) is 0.293. The topological polar surface area (TPSA) is 80.9 Å². The first-order valence-electron chi connectivity index (χ1n) is 7.43. The standard InChI is InChI=1S/C17H12N4O2S2/c22-15(8-13-9-25-17(20-13)14-5-2-6-24-14)19-12-4-1-3-11(7-12)16-21-18-10-23-16/h1-7,9-10H,8H2,(H,19,22). The smallest absolute Gasteiger partial charge is 0.247 e. The molecule has 4 aromatic rings. The van der Waals surface area contributed by atoms with Crippen LogP contribution in [-0.4, -0.2) is 21.1 Å². The van der Waals surface area contributed by atoms with Crippen LogP contribution in [0.25, 0.3) is 21.3 Å². The van der Waals surface area contributed by atoms with Crippen LogP contribution in [0.3, 0.4) is 0 Å². The molecule has 0 atom stereocenters. The lowest BCUT2D eigenvalue weighted by Gasteiger charge is -2.05. The Labute approximate surface area is 151 Å². The summed E-state index contributed by atoms with van der Waals surface area (Å²) >= 11 is 3.19. The SMILES string of the molecule is O=C(Cc1csc(-c2cccs2)n1)Nc1cccc(-c2nnco2)c1. The lowest BCUT2D eigenvalue weighted by atomic mass is 10.2. The van der Waals surface area contributed by atoms with Gasteiger partial charge in [-0.15, -0.1) is 32.9 Å². The van der Waals surface area contributed by atoms with Crippen LogP contribution in [0.1, 0.15) is 5.69 Å². The van der Waals surface area contributed by atoms with Gasteiger partial charge in [-0.1, -0.05) is 12.1 Å². The van der Waals surface area contributed by atoms with E-state index in [0.29, 0.717) is 11.6 Å². The Hall–Kier alpha value is -2.84. The number of thiazole rings is 1. The summed E-state index contributed by atoms with van der Waals surface area (Å²) in [6, 6.07) is 11.3. The molecule has 0 aliphatic rings. The minimum absolute atomic E-state index is 0.120. The number of benzene rings is 1. The molecule has 0 fully saturated rings. The molecule has 0 unspecified atom stereocenters. The van der Waals surface area contributed by atoms with Gasteiger partial charge >= 0.3 is 0 Å². The predicted octanol–water partition coefficient (Wildman–Crippen LogP) is 4.10. The fourth-order valence-electron chi connectivity index (χ4n) is 2.30. The lowest BCUT2D eigenvalue weighted by molar-refractivity contribution is -0.115. The van der Waals surface area contributed by atoms with Crippen molar-refractivity contribution in [2.75, 3.05) is 5.32 Å². The van der Waals surface area contributed by atoms with Gasteiger partial charge in [-0.2, -0.15) is 0 Å². The maximum atomic E-state index is 12.3. The highest BCUT2D eigenvalue weighted by Gasteiger charge is 2.11. The highest BCUT2D eigenvalue weighted by Crippen LogP contribution is 2.28. The third kappa shape index (κ3) is 3.65. The summed E-state index contributed by atoms with van der Waals surface area (Å²) in [4.78, 5) is 17.9. The van der Waals surface area contributed by atoms with E-state index in [1.165, 1.54) is 6.39 Å². The molecule has 25 heavy (non-hydrogen) atoms. The van der Waals surface area contributed by atoms with Gasteiger partial charge in [0, 0.05) is 16.6 Å². The molecule has 1 aromatic carbocycles. The predicted molar refractivity (Wildman–Crippen MR) is 97.5 cm³/mol. The molecule has 1 N–H and O–H groups in total. The average molecular weight is 368 g/mol. The molecule has 0 saturated heterocycles. The maximum absolute atomic E-state index is 12.3. The molecule has 0 aliphatic heterocycles. The van der Waals surface area contributed by atoms with Gasteiger partial charge in [0.1, 0.15) is 5.01 Å². The molecule has 1 amide bonds. The van der Waals surface area contributed by atoms with Crippen LogP contribution < -0.4 is 5.32 Å². The number of thiophene rings is 1. The zero-order valence-corrected chi connectivity index (χ0v) is 14.5. The lowest BCUT2D eigenvalue weighted by Crippen LogP contribution is -2.14. The van der Waals surface area contributed by atoms with Crippen molar-refractivity contribution in [1.82, 2.24) is 15.2 Å². The van der Waals surface area contributed by atoms with Gasteiger partial charge in [-0.25, -0.2) is 4.98 Å². The fourth-order valence-corrected chi connectivity index (χ4v) is 3.93. The third-order valence-corrected chi connectivity index (χ3v) is 5.31. The van der Waals surface area contributed by atoms with E-state index in [0.717, 1.165) is 21.1 Å². The van der Waals surface area contributed by atoms with Crippen molar-refractivity contribution in [3.63, 3.8) is 0 Å². The Balaban J connectivity index is 1.43. The molecule has 3 aromatic heterocycles. The quantitative estimate of drug-likeness (QED) is 0.573. The van der Waals surface area contributed by atoms with Crippen molar-refractivity contribution in [2.24, 2.45) is 0 Å². The number of nitrogens with one attached hydrogen (secondary N) is 1. The summed E-state index contributed by atoms with van der Waals surface area (Å²) in [5.41, 5.74) is 2.19. The molecular weight excluding hydrogens is 356 g/mol. The number of hydrogen-bond acceptors (Lipinski definition) is 7. The third-order valence-electron chi connectivity index (χ3n) is 3.38. The molecule has 8 heteroatoms. The second kappa shape index (κ2) is 6.96. The molecule has 0 aliphatic carbocycles. The minimum atomic E-state index is -0.120. The first kappa shape index (κ1) is 15.7. The Morgan fingerprint density at radius 2 is 2.16 bits per heavy atom. The van der Waals surface area contributed by atoms with E-state index >= 15 is 0 Å². The van der Waals surface area contributed by atoms with Gasteiger partial charge in [0.25, 0.3) is 0 Å². The number of anilines is 1. The van der Waals surface area contributed by atoms with Gasteiger partial charge in [0.2, 0.25) is 18.2 Å². The number of nitrogens with zero attached hydrogens (tertiary/aromatic N) is 3. The van der Waals surface area contributed by atoms with E-state index in [2.05, 4.69) is 20.5 Å². The van der Waals surface area contributed by atoms with Crippen LogP contribution in [0, 0.1) is 0 Å². The number of amides is 1. The summed E-state index contributed by atoms with van der Waals surface area (Å²) in [6.45, 7) is 0. The van der Waals surface area contributed by atoms with Crippen LogP contribution in [0.4, 0.5) is 5.69 Å². The molecule has 3 heterocycles. The maximum Gasteiger partial charge on any atom is 0.247 e. The Kier molecular flexibility index (Phi) is 4.36. The van der Waals surface area contributed by atoms with Crippen LogP contribution in [0.2, 0.25) is 0 Å². The van der Waals surface area contributed by atoms with Crippen molar-refractivity contribution < 1.29 is 9.21 Å². The number of hydrogen-bond donors (Lipinski definition) is 1. The zero-order valence-electron chi connectivity index (χ0n) is 12.9. The molecule has 0 spiro atoms. The fraction of sp³-hybridized carbons (Fsp3) is 0.0588. The van der Waals surface area contributed by atoms with Crippen LogP contribution in [0.5, 0.6) is 0 Å². The highest BCUT2D eigenvalue weighted by molar-refractivity contribution is 7.20. The second-order valence-corrected chi connectivity index (χ2v) is 6.98. The van der Waals surface area contributed by atoms with Gasteiger partial charge in [0.15, 0.2) is 0 Å². The zero-order chi connectivity index (χ0) is 17.1. The molecule has 0 radical (unpaired) electrons. The Morgan fingerprint density at radius 1 is 1.20 bits per heavy atom. The van der Waals surface area contributed by atoms with E-state index < -0.39 is 0 Å². The van der Waals surface area contributed by atoms with Gasteiger partial charge < -0.3 is 9.73 Å². The van der Waals surface area contributed by atoms with Crippen molar-refractivity contribution >= 4 is 34.3 Å².